The molecule has 1 fully saturated rings. The van der Waals surface area contributed by atoms with E-state index in [0.717, 1.165) is 14.5 Å². The molecule has 3 aromatic rings. The Hall–Kier alpha value is -3.62. The lowest BCUT2D eigenvalue weighted by Crippen LogP contribution is -2.60. The van der Waals surface area contributed by atoms with Crippen LogP contribution in [0.3, 0.4) is 0 Å². The van der Waals surface area contributed by atoms with E-state index in [9.17, 15) is 19.2 Å². The molecular weight excluding hydrogens is 670 g/mol. The number of hydrogen-bond donors (Lipinski definition) is 0. The Kier molecular flexibility index (Phi) is 9.89. The first-order valence-corrected chi connectivity index (χ1v) is 13.9. The van der Waals surface area contributed by atoms with Crippen LogP contribution in [0.4, 0.5) is 0 Å². The van der Waals surface area contributed by atoms with Crippen molar-refractivity contribution in [3.63, 3.8) is 0 Å². The highest BCUT2D eigenvalue weighted by molar-refractivity contribution is 9.10. The molecular formula is C27H25Br2N3O9. The Morgan fingerprint density at radius 2 is 1.41 bits per heavy atom. The molecule has 12 nitrogen and oxygen atoms in total. The third-order valence-corrected chi connectivity index (χ3v) is 6.99. The Morgan fingerprint density at radius 3 is 2.00 bits per heavy atom. The van der Waals surface area contributed by atoms with Crippen molar-refractivity contribution in [1.82, 2.24) is 15.0 Å². The molecule has 1 aliphatic rings. The van der Waals surface area contributed by atoms with E-state index < -0.39 is 54.5 Å². The summed E-state index contributed by atoms with van der Waals surface area (Å²) in [6.07, 6.45) is -3.59. The molecule has 14 heteroatoms. The maximum absolute atomic E-state index is 13.2. The Balaban J connectivity index is 1.77. The SMILES string of the molecule is CC(=O)OC[C@H]1O[C@@H](OC(=O)c2ccc(Br)cc2)[C@H](n2cc(-c3ccc(Br)cc3)nn2)[C@@H](OC(C)=O)[C@@H]1OC(C)=O. The van der Waals surface area contributed by atoms with Crippen LogP contribution in [-0.4, -0.2) is 70.1 Å². The van der Waals surface area contributed by atoms with Gasteiger partial charge in [0, 0.05) is 35.3 Å². The van der Waals surface area contributed by atoms with Crippen LogP contribution in [0.2, 0.25) is 0 Å². The molecule has 41 heavy (non-hydrogen) atoms. The van der Waals surface area contributed by atoms with Gasteiger partial charge in [0.25, 0.3) is 0 Å². The zero-order valence-electron chi connectivity index (χ0n) is 22.1. The summed E-state index contributed by atoms with van der Waals surface area (Å²) < 4.78 is 31.1. The molecule has 2 aromatic carbocycles. The van der Waals surface area contributed by atoms with E-state index in [2.05, 4.69) is 42.2 Å². The highest BCUT2D eigenvalue weighted by atomic mass is 79.9. The molecule has 0 saturated carbocycles. The number of ether oxygens (including phenoxy) is 5. The fraction of sp³-hybridized carbons (Fsp3) is 0.333. The monoisotopic (exact) mass is 693 g/mol. The fourth-order valence-electron chi connectivity index (χ4n) is 4.20. The van der Waals surface area contributed by atoms with E-state index in [1.54, 1.807) is 30.5 Å². The summed E-state index contributed by atoms with van der Waals surface area (Å²) >= 11 is 6.72. The predicted octanol–water partition coefficient (Wildman–Crippen LogP) is 4.02. The molecule has 0 N–H and O–H groups in total. The van der Waals surface area contributed by atoms with Gasteiger partial charge in [0.15, 0.2) is 18.2 Å². The molecule has 0 bridgehead atoms. The molecule has 0 radical (unpaired) electrons. The van der Waals surface area contributed by atoms with Crippen LogP contribution in [0.5, 0.6) is 0 Å². The zero-order valence-corrected chi connectivity index (χ0v) is 25.2. The van der Waals surface area contributed by atoms with Crippen molar-refractivity contribution in [2.75, 3.05) is 6.61 Å². The van der Waals surface area contributed by atoms with Gasteiger partial charge in [-0.1, -0.05) is 49.2 Å². The summed E-state index contributed by atoms with van der Waals surface area (Å²) in [6, 6.07) is 12.6. The topological polar surface area (TPSA) is 145 Å². The van der Waals surface area contributed by atoms with Crippen molar-refractivity contribution in [3.05, 3.63) is 69.2 Å². The van der Waals surface area contributed by atoms with Crippen LogP contribution >= 0.6 is 31.9 Å². The minimum absolute atomic E-state index is 0.215. The molecule has 0 aliphatic carbocycles. The number of esters is 4. The van der Waals surface area contributed by atoms with E-state index >= 15 is 0 Å². The molecule has 0 unspecified atom stereocenters. The molecule has 216 valence electrons. The van der Waals surface area contributed by atoms with Crippen LogP contribution in [-0.2, 0) is 38.1 Å². The summed E-state index contributed by atoms with van der Waals surface area (Å²) in [6.45, 7) is 3.16. The Bertz CT molecular complexity index is 1410. The lowest BCUT2D eigenvalue weighted by atomic mass is 9.96. The predicted molar refractivity (Wildman–Crippen MR) is 148 cm³/mol. The van der Waals surface area contributed by atoms with Gasteiger partial charge in [0.2, 0.25) is 6.29 Å². The van der Waals surface area contributed by atoms with Crippen molar-refractivity contribution in [2.24, 2.45) is 0 Å². The fourth-order valence-corrected chi connectivity index (χ4v) is 4.72. The van der Waals surface area contributed by atoms with Crippen LogP contribution < -0.4 is 0 Å². The second-order valence-electron chi connectivity index (χ2n) is 8.99. The minimum atomic E-state index is -1.44. The third kappa shape index (κ3) is 7.77. The molecule has 1 aromatic heterocycles. The van der Waals surface area contributed by atoms with Crippen molar-refractivity contribution < 1.29 is 42.9 Å². The van der Waals surface area contributed by atoms with E-state index in [0.29, 0.717) is 5.69 Å². The summed E-state index contributed by atoms with van der Waals surface area (Å²) in [5.41, 5.74) is 1.41. The molecule has 1 saturated heterocycles. The van der Waals surface area contributed by atoms with Gasteiger partial charge in [-0.2, -0.15) is 0 Å². The number of benzene rings is 2. The lowest BCUT2D eigenvalue weighted by Gasteiger charge is -2.44. The smallest absolute Gasteiger partial charge is 0.340 e. The standard InChI is InChI=1S/C27H25Br2N3O9/c1-14(33)37-13-22-24(38-15(2)34)25(39-16(3)35)23(27(40-22)41-26(36)18-6-10-20(29)11-7-18)32-12-21(30-31-32)17-4-8-19(28)9-5-17/h4-12,22-25,27H,13H2,1-3H3/t22-,23-,24-,25-,27+/m1/s1. The van der Waals surface area contributed by atoms with Gasteiger partial charge in [-0.15, -0.1) is 5.10 Å². The van der Waals surface area contributed by atoms with Gasteiger partial charge in [0.05, 0.1) is 11.8 Å². The number of nitrogens with zero attached hydrogens (tertiary/aromatic N) is 3. The Labute approximate surface area is 251 Å². The normalized spacial score (nSPS) is 21.9. The zero-order chi connectivity index (χ0) is 29.7. The van der Waals surface area contributed by atoms with E-state index in [4.69, 9.17) is 23.7 Å². The van der Waals surface area contributed by atoms with Gasteiger partial charge < -0.3 is 23.7 Å². The molecule has 0 spiro atoms. The first-order chi connectivity index (χ1) is 19.5. The van der Waals surface area contributed by atoms with Crippen LogP contribution in [0, 0.1) is 0 Å². The first-order valence-electron chi connectivity index (χ1n) is 12.3. The lowest BCUT2D eigenvalue weighted by molar-refractivity contribution is -0.273. The van der Waals surface area contributed by atoms with E-state index in [1.165, 1.54) is 25.5 Å². The number of carbonyl (C=O) groups is 4. The van der Waals surface area contributed by atoms with Crippen LogP contribution in [0.15, 0.2) is 63.7 Å². The molecule has 0 amide bonds. The largest absolute Gasteiger partial charge is 0.463 e. The summed E-state index contributed by atoms with van der Waals surface area (Å²) in [5.74, 6) is -2.79. The summed E-state index contributed by atoms with van der Waals surface area (Å²) in [7, 11) is 0. The average Bonchev–Trinajstić information content (AvgIpc) is 3.39. The molecule has 4 rings (SSSR count). The van der Waals surface area contributed by atoms with Crippen molar-refractivity contribution in [1.29, 1.82) is 0 Å². The highest BCUT2D eigenvalue weighted by Gasteiger charge is 2.53. The summed E-state index contributed by atoms with van der Waals surface area (Å²) in [5, 5.41) is 8.44. The summed E-state index contributed by atoms with van der Waals surface area (Å²) in [4.78, 5) is 49.2. The highest BCUT2D eigenvalue weighted by Crippen LogP contribution is 2.36. The second kappa shape index (κ2) is 13.4. The number of hydrogen-bond acceptors (Lipinski definition) is 11. The number of rotatable bonds is 8. The van der Waals surface area contributed by atoms with E-state index in [-0.39, 0.29) is 12.2 Å². The quantitative estimate of drug-likeness (QED) is 0.249. The number of carbonyl (C=O) groups excluding carboxylic acids is 4. The van der Waals surface area contributed by atoms with E-state index in [1.807, 2.05) is 24.3 Å². The van der Waals surface area contributed by atoms with Gasteiger partial charge in [-0.05, 0) is 36.4 Å². The molecule has 2 heterocycles. The van der Waals surface area contributed by atoms with Gasteiger partial charge >= 0.3 is 23.9 Å². The second-order valence-corrected chi connectivity index (χ2v) is 10.8. The van der Waals surface area contributed by atoms with Crippen molar-refractivity contribution in [2.45, 2.75) is 51.4 Å². The van der Waals surface area contributed by atoms with Gasteiger partial charge in [-0.3, -0.25) is 14.4 Å². The molecule has 5 atom stereocenters. The van der Waals surface area contributed by atoms with Crippen molar-refractivity contribution >= 4 is 55.7 Å². The first kappa shape index (κ1) is 30.3. The number of halogens is 2. The van der Waals surface area contributed by atoms with Crippen molar-refractivity contribution in [3.8, 4) is 11.3 Å². The van der Waals surface area contributed by atoms with Crippen LogP contribution in [0.25, 0.3) is 11.3 Å². The maximum Gasteiger partial charge on any atom is 0.340 e. The Morgan fingerprint density at radius 1 is 0.829 bits per heavy atom. The van der Waals surface area contributed by atoms with Gasteiger partial charge in [-0.25, -0.2) is 9.48 Å². The molecule has 1 aliphatic heterocycles. The van der Waals surface area contributed by atoms with Crippen LogP contribution in [0.1, 0.15) is 37.2 Å². The number of aromatic nitrogens is 3. The minimum Gasteiger partial charge on any atom is -0.463 e. The van der Waals surface area contributed by atoms with Gasteiger partial charge in [0.1, 0.15) is 18.4 Å². The third-order valence-electron chi connectivity index (χ3n) is 5.93. The average molecular weight is 695 g/mol. The maximum atomic E-state index is 13.2.